The van der Waals surface area contributed by atoms with E-state index < -0.39 is 11.2 Å². The molecule has 3 fully saturated rings. The molecule has 2 saturated heterocycles. The predicted octanol–water partition coefficient (Wildman–Crippen LogP) is 7.26. The van der Waals surface area contributed by atoms with Crippen LogP contribution in [0.15, 0.2) is 53.0 Å². The molecule has 3 aliphatic rings. The highest BCUT2D eigenvalue weighted by Gasteiger charge is 2.38. The summed E-state index contributed by atoms with van der Waals surface area (Å²) in [5, 5.41) is 0. The number of hydrogen-bond donors (Lipinski definition) is 0. The first kappa shape index (κ1) is 36.0. The second-order valence-corrected chi connectivity index (χ2v) is 16.0. The molecule has 0 spiro atoms. The van der Waals surface area contributed by atoms with Gasteiger partial charge < -0.3 is 29.1 Å². The number of hydrogen-bond acceptors (Lipinski definition) is 6. The number of ether oxygens (including phenoxy) is 2. The number of amides is 3. The van der Waals surface area contributed by atoms with E-state index in [1.807, 2.05) is 39.0 Å². The molecule has 0 aromatic heterocycles. The molecule has 5 rings (SSSR count). The van der Waals surface area contributed by atoms with E-state index in [1.165, 1.54) is 19.3 Å². The van der Waals surface area contributed by atoms with Crippen LogP contribution in [0, 0.1) is 5.92 Å². The second kappa shape index (κ2) is 15.5. The van der Waals surface area contributed by atoms with Crippen molar-refractivity contribution in [3.63, 3.8) is 0 Å². The van der Waals surface area contributed by atoms with Crippen molar-refractivity contribution >= 4 is 39.5 Å². The highest BCUT2D eigenvalue weighted by molar-refractivity contribution is 9.10. The number of nitrogens with zero attached hydrogens (tertiary/aromatic N) is 4. The Morgan fingerprint density at radius 1 is 0.833 bits per heavy atom. The van der Waals surface area contributed by atoms with Gasteiger partial charge in [-0.3, -0.25) is 9.59 Å². The number of piperazine rings is 1. The van der Waals surface area contributed by atoms with E-state index in [4.69, 9.17) is 9.47 Å². The van der Waals surface area contributed by atoms with Crippen LogP contribution in [-0.2, 0) is 20.9 Å². The maximum Gasteiger partial charge on any atom is 0.410 e. The molecular formula is C38H53BrN4O5. The number of piperidine rings is 1. The third-order valence-electron chi connectivity index (χ3n) is 9.62. The van der Waals surface area contributed by atoms with Gasteiger partial charge in [-0.2, -0.15) is 0 Å². The summed E-state index contributed by atoms with van der Waals surface area (Å²) in [7, 11) is 0. The third kappa shape index (κ3) is 9.45. The van der Waals surface area contributed by atoms with Crippen LogP contribution in [0.25, 0.3) is 0 Å². The van der Waals surface area contributed by atoms with Gasteiger partial charge in [0.2, 0.25) is 5.91 Å². The fourth-order valence-electron chi connectivity index (χ4n) is 7.10. The fourth-order valence-corrected chi connectivity index (χ4v) is 7.36. The number of rotatable bonds is 8. The lowest BCUT2D eigenvalue weighted by atomic mass is 9.90. The summed E-state index contributed by atoms with van der Waals surface area (Å²) in [6.07, 6.45) is 7.24. The molecule has 2 aromatic rings. The Bertz CT molecular complexity index is 1410. The third-order valence-corrected chi connectivity index (χ3v) is 10.2. The zero-order valence-corrected chi connectivity index (χ0v) is 31.0. The monoisotopic (exact) mass is 724 g/mol. The minimum Gasteiger partial charge on any atom is -0.478 e. The Labute approximate surface area is 295 Å². The van der Waals surface area contributed by atoms with Crippen LogP contribution >= 0.6 is 15.9 Å². The molecule has 2 aromatic carbocycles. The van der Waals surface area contributed by atoms with Crippen LogP contribution in [0.2, 0.25) is 0 Å². The molecule has 262 valence electrons. The van der Waals surface area contributed by atoms with Gasteiger partial charge in [-0.25, -0.2) is 4.79 Å². The lowest BCUT2D eigenvalue weighted by molar-refractivity contribution is -0.147. The Kier molecular flexibility index (Phi) is 11.6. The average Bonchev–Trinajstić information content (AvgIpc) is 3.07. The molecule has 3 amide bonds. The van der Waals surface area contributed by atoms with Crippen molar-refractivity contribution in [2.75, 3.05) is 44.2 Å². The zero-order chi connectivity index (χ0) is 34.5. The quantitative estimate of drug-likeness (QED) is 0.285. The molecule has 2 heterocycles. The van der Waals surface area contributed by atoms with Gasteiger partial charge in [0.1, 0.15) is 11.4 Å². The lowest BCUT2D eigenvalue weighted by Gasteiger charge is -2.40. The smallest absolute Gasteiger partial charge is 0.410 e. The van der Waals surface area contributed by atoms with Crippen molar-refractivity contribution < 1.29 is 23.9 Å². The topological polar surface area (TPSA) is 82.6 Å². The SMILES string of the molecule is CC(C)(C)OC(=O)N1CCN(C(=O)C(C)(C)Oc2cccc(N3CCC[C@@H](C(=O)N(Cc4ccc(Br)cc4)C4CCCCC4)C3)c2)CC1. The molecule has 0 radical (unpaired) electrons. The number of carbonyl (C=O) groups is 3. The highest BCUT2D eigenvalue weighted by Crippen LogP contribution is 2.32. The van der Waals surface area contributed by atoms with Crippen molar-refractivity contribution in [2.45, 2.75) is 103 Å². The van der Waals surface area contributed by atoms with Gasteiger partial charge in [0.25, 0.3) is 5.91 Å². The van der Waals surface area contributed by atoms with Crippen LogP contribution in [0.3, 0.4) is 0 Å². The van der Waals surface area contributed by atoms with Crippen molar-refractivity contribution in [1.82, 2.24) is 14.7 Å². The molecule has 0 unspecified atom stereocenters. The summed E-state index contributed by atoms with van der Waals surface area (Å²) in [6.45, 7) is 13.0. The highest BCUT2D eigenvalue weighted by atomic mass is 79.9. The molecule has 1 saturated carbocycles. The maximum atomic E-state index is 14.2. The van der Waals surface area contributed by atoms with Gasteiger partial charge in [0.15, 0.2) is 5.60 Å². The Morgan fingerprint density at radius 3 is 2.17 bits per heavy atom. The fraction of sp³-hybridized carbons (Fsp3) is 0.605. The van der Waals surface area contributed by atoms with Crippen molar-refractivity contribution in [1.29, 1.82) is 0 Å². The van der Waals surface area contributed by atoms with Gasteiger partial charge in [0, 0.05) is 68.1 Å². The minimum atomic E-state index is -1.10. The van der Waals surface area contributed by atoms with Crippen LogP contribution < -0.4 is 9.64 Å². The minimum absolute atomic E-state index is 0.0712. The van der Waals surface area contributed by atoms with Crippen LogP contribution in [-0.4, -0.2) is 89.1 Å². The normalized spacial score (nSPS) is 19.5. The molecule has 2 aliphatic heterocycles. The standard InChI is InChI=1S/C38H53BrN4O5/c1-37(2,3)48-36(46)41-23-21-40(22-24-41)35(45)38(4,5)47-33-15-9-14-32(25-33)42-20-10-11-29(27-42)34(44)43(31-12-7-6-8-13-31)26-28-16-18-30(39)19-17-28/h9,14-19,25,29,31H,6-8,10-13,20-24,26-27H2,1-5H3/t29-/m1/s1. The zero-order valence-electron chi connectivity index (χ0n) is 29.4. The second-order valence-electron chi connectivity index (χ2n) is 15.0. The molecule has 0 N–H and O–H groups in total. The average molecular weight is 726 g/mol. The van der Waals surface area contributed by atoms with Crippen LogP contribution in [0.5, 0.6) is 5.75 Å². The van der Waals surface area contributed by atoms with E-state index in [1.54, 1.807) is 23.6 Å². The van der Waals surface area contributed by atoms with E-state index in [9.17, 15) is 14.4 Å². The summed E-state index contributed by atoms with van der Waals surface area (Å²) in [4.78, 5) is 48.2. The van der Waals surface area contributed by atoms with Gasteiger partial charge >= 0.3 is 6.09 Å². The van der Waals surface area contributed by atoms with Crippen molar-refractivity contribution in [2.24, 2.45) is 5.92 Å². The van der Waals surface area contributed by atoms with Crippen LogP contribution in [0.1, 0.15) is 85.1 Å². The lowest BCUT2D eigenvalue weighted by Crippen LogP contribution is -2.57. The molecule has 1 atom stereocenters. The Morgan fingerprint density at radius 2 is 1.50 bits per heavy atom. The van der Waals surface area contributed by atoms with E-state index in [-0.39, 0.29) is 23.8 Å². The van der Waals surface area contributed by atoms with Crippen molar-refractivity contribution in [3.8, 4) is 5.75 Å². The molecule has 9 nitrogen and oxygen atoms in total. The van der Waals surface area contributed by atoms with E-state index >= 15 is 0 Å². The summed E-state index contributed by atoms with van der Waals surface area (Å²) in [6, 6.07) is 16.5. The van der Waals surface area contributed by atoms with Gasteiger partial charge in [-0.1, -0.05) is 53.4 Å². The first-order valence-corrected chi connectivity index (χ1v) is 18.4. The number of carbonyl (C=O) groups excluding carboxylic acids is 3. The summed E-state index contributed by atoms with van der Waals surface area (Å²) < 4.78 is 12.9. The molecule has 1 aliphatic carbocycles. The first-order valence-electron chi connectivity index (χ1n) is 17.7. The Balaban J connectivity index is 1.21. The summed E-state index contributed by atoms with van der Waals surface area (Å²) in [5.41, 5.74) is 0.503. The molecular weight excluding hydrogens is 672 g/mol. The van der Waals surface area contributed by atoms with Gasteiger partial charge in [-0.05, 0) is 90.1 Å². The van der Waals surface area contributed by atoms with E-state index in [0.29, 0.717) is 51.1 Å². The predicted molar refractivity (Wildman–Crippen MR) is 192 cm³/mol. The molecule has 10 heteroatoms. The number of halogens is 1. The van der Waals surface area contributed by atoms with Gasteiger partial charge in [-0.15, -0.1) is 0 Å². The van der Waals surface area contributed by atoms with Crippen LogP contribution in [0.4, 0.5) is 10.5 Å². The Hall–Kier alpha value is -3.27. The van der Waals surface area contributed by atoms with Gasteiger partial charge in [0.05, 0.1) is 5.92 Å². The number of anilines is 1. The first-order chi connectivity index (χ1) is 22.8. The van der Waals surface area contributed by atoms with Crippen molar-refractivity contribution in [3.05, 3.63) is 58.6 Å². The summed E-state index contributed by atoms with van der Waals surface area (Å²) >= 11 is 3.54. The molecule has 48 heavy (non-hydrogen) atoms. The molecule has 0 bridgehead atoms. The maximum absolute atomic E-state index is 14.2. The van der Waals surface area contributed by atoms with E-state index in [2.05, 4.69) is 56.1 Å². The van der Waals surface area contributed by atoms with E-state index in [0.717, 1.165) is 48.0 Å². The summed E-state index contributed by atoms with van der Waals surface area (Å²) in [5.74, 6) is 0.693. The number of benzene rings is 2. The largest absolute Gasteiger partial charge is 0.478 e.